The van der Waals surface area contributed by atoms with Crippen LogP contribution in [0.25, 0.3) is 6.08 Å². The number of aliphatic hydroxyl groups is 1. The Morgan fingerprint density at radius 1 is 1.50 bits per heavy atom. The van der Waals surface area contributed by atoms with E-state index in [1.807, 2.05) is 36.4 Å². The molecule has 0 heterocycles. The quantitative estimate of drug-likeness (QED) is 0.801. The Balaban J connectivity index is 2.66. The smallest absolute Gasteiger partial charge is 0.257 e. The average molecular weight is 264 g/mol. The van der Waals surface area contributed by atoms with Crippen molar-refractivity contribution in [3.05, 3.63) is 42.0 Å². The van der Waals surface area contributed by atoms with E-state index < -0.39 is 12.0 Å². The molecule has 1 atom stereocenters. The number of benzene rings is 1. The second-order valence-corrected chi connectivity index (χ2v) is 4.19. The lowest BCUT2D eigenvalue weighted by Gasteiger charge is -2.20. The molecule has 0 aliphatic rings. The molecular weight excluding hydrogens is 248 g/mol. The van der Waals surface area contributed by atoms with Crippen molar-refractivity contribution >= 4 is 29.3 Å². The van der Waals surface area contributed by atoms with Crippen molar-refractivity contribution in [2.24, 2.45) is 5.73 Å². The number of aliphatic hydroxyl groups excluding tert-OH is 1. The molecule has 5 heteroatoms. The Labute approximate surface area is 112 Å². The summed E-state index contributed by atoms with van der Waals surface area (Å²) in [6.07, 6.45) is 2.52. The lowest BCUT2D eigenvalue weighted by atomic mass is 10.2. The Hall–Kier alpha value is -1.72. The topological polar surface area (TPSA) is 66.6 Å². The lowest BCUT2D eigenvalue weighted by Crippen LogP contribution is -2.44. The van der Waals surface area contributed by atoms with E-state index in [4.69, 9.17) is 18.0 Å². The highest BCUT2D eigenvalue weighted by Gasteiger charge is 2.19. The predicted octanol–water partition coefficient (Wildman–Crippen LogP) is 1.15. The van der Waals surface area contributed by atoms with Crippen molar-refractivity contribution in [3.63, 3.8) is 0 Å². The fourth-order valence-corrected chi connectivity index (χ4v) is 1.54. The van der Waals surface area contributed by atoms with Crippen molar-refractivity contribution in [2.45, 2.75) is 13.0 Å². The van der Waals surface area contributed by atoms with Crippen LogP contribution in [0.2, 0.25) is 0 Å². The Kier molecular flexibility index (Phi) is 5.48. The fourth-order valence-electron chi connectivity index (χ4n) is 1.37. The molecule has 1 unspecified atom stereocenters. The van der Waals surface area contributed by atoms with E-state index in [0.717, 1.165) is 5.56 Å². The second-order valence-electron chi connectivity index (χ2n) is 3.78. The summed E-state index contributed by atoms with van der Waals surface area (Å²) in [5.41, 5.74) is 6.46. The average Bonchev–Trinajstić information content (AvgIpc) is 2.34. The van der Waals surface area contributed by atoms with Crippen LogP contribution in [-0.4, -0.2) is 33.7 Å². The van der Waals surface area contributed by atoms with Crippen LogP contribution < -0.4 is 5.73 Å². The van der Waals surface area contributed by atoms with Gasteiger partial charge in [0.05, 0.1) is 0 Å². The highest BCUT2D eigenvalue weighted by atomic mass is 32.1. The summed E-state index contributed by atoms with van der Waals surface area (Å²) >= 11 is 4.78. The minimum Gasteiger partial charge on any atom is -0.384 e. The molecule has 0 fully saturated rings. The first-order valence-electron chi connectivity index (χ1n) is 5.53. The van der Waals surface area contributed by atoms with Crippen molar-refractivity contribution in [1.82, 2.24) is 4.90 Å². The van der Waals surface area contributed by atoms with E-state index in [-0.39, 0.29) is 11.7 Å². The predicted molar refractivity (Wildman–Crippen MR) is 75.7 cm³/mol. The molecule has 1 rings (SSSR count). The third kappa shape index (κ3) is 4.27. The number of hydrogen-bond acceptors (Lipinski definition) is 3. The summed E-state index contributed by atoms with van der Waals surface area (Å²) in [5.74, 6) is -0.500. The first kappa shape index (κ1) is 14.3. The third-order valence-corrected chi connectivity index (χ3v) is 2.51. The second kappa shape index (κ2) is 6.88. The van der Waals surface area contributed by atoms with Gasteiger partial charge in [-0.25, -0.2) is 0 Å². The van der Waals surface area contributed by atoms with Crippen LogP contribution in [0, 0.1) is 0 Å². The maximum Gasteiger partial charge on any atom is 0.257 e. The molecule has 0 radical (unpaired) electrons. The van der Waals surface area contributed by atoms with Crippen LogP contribution >= 0.6 is 12.2 Å². The van der Waals surface area contributed by atoms with E-state index >= 15 is 0 Å². The van der Waals surface area contributed by atoms with Crippen LogP contribution in [-0.2, 0) is 4.79 Å². The van der Waals surface area contributed by atoms with Crippen LogP contribution in [0.15, 0.2) is 36.4 Å². The van der Waals surface area contributed by atoms with Crippen LogP contribution in [0.1, 0.15) is 12.5 Å². The number of rotatable bonds is 4. The Morgan fingerprint density at radius 2 is 2.11 bits per heavy atom. The maximum atomic E-state index is 11.6. The van der Waals surface area contributed by atoms with Gasteiger partial charge in [0.1, 0.15) is 6.10 Å². The monoisotopic (exact) mass is 264 g/mol. The third-order valence-electron chi connectivity index (χ3n) is 2.29. The Bertz CT molecular complexity index is 444. The molecule has 0 aliphatic carbocycles. The molecule has 0 aromatic heterocycles. The van der Waals surface area contributed by atoms with Gasteiger partial charge in [-0.15, -0.1) is 0 Å². The van der Waals surface area contributed by atoms with Gasteiger partial charge in [-0.3, -0.25) is 9.69 Å². The first-order chi connectivity index (χ1) is 8.52. The molecule has 1 amide bonds. The SMILES string of the molecule is CC(O)C(=O)N(CC=Cc1ccccc1)C(N)=S. The van der Waals surface area contributed by atoms with Gasteiger partial charge in [0.2, 0.25) is 0 Å². The number of nitrogens with two attached hydrogens (primary N) is 1. The van der Waals surface area contributed by atoms with Crippen molar-refractivity contribution in [3.8, 4) is 0 Å². The number of hydrogen-bond donors (Lipinski definition) is 2. The lowest BCUT2D eigenvalue weighted by molar-refractivity contribution is -0.134. The van der Waals surface area contributed by atoms with Gasteiger partial charge in [0.15, 0.2) is 5.11 Å². The normalized spacial score (nSPS) is 12.3. The van der Waals surface area contributed by atoms with Gasteiger partial charge in [-0.2, -0.15) is 0 Å². The van der Waals surface area contributed by atoms with Gasteiger partial charge in [0, 0.05) is 6.54 Å². The maximum absolute atomic E-state index is 11.6. The highest BCUT2D eigenvalue weighted by Crippen LogP contribution is 2.02. The minimum absolute atomic E-state index is 0.0430. The Morgan fingerprint density at radius 3 is 2.61 bits per heavy atom. The van der Waals surface area contributed by atoms with E-state index in [0.29, 0.717) is 0 Å². The highest BCUT2D eigenvalue weighted by molar-refractivity contribution is 7.80. The first-order valence-corrected chi connectivity index (χ1v) is 5.93. The molecule has 1 aromatic rings. The van der Waals surface area contributed by atoms with Crippen LogP contribution in [0.5, 0.6) is 0 Å². The van der Waals surface area contributed by atoms with E-state index in [1.54, 1.807) is 6.08 Å². The molecule has 3 N–H and O–H groups in total. The molecule has 0 saturated carbocycles. The van der Waals surface area contributed by atoms with E-state index in [9.17, 15) is 9.90 Å². The van der Waals surface area contributed by atoms with Gasteiger partial charge < -0.3 is 10.8 Å². The molecule has 4 nitrogen and oxygen atoms in total. The zero-order chi connectivity index (χ0) is 13.5. The van der Waals surface area contributed by atoms with Crippen molar-refractivity contribution in [2.75, 3.05) is 6.54 Å². The fraction of sp³-hybridized carbons (Fsp3) is 0.231. The van der Waals surface area contributed by atoms with E-state index in [1.165, 1.54) is 11.8 Å². The number of carbonyl (C=O) groups excluding carboxylic acids is 1. The van der Waals surface area contributed by atoms with Crippen LogP contribution in [0.3, 0.4) is 0 Å². The molecular formula is C13H16N2O2S. The standard InChI is InChI=1S/C13H16N2O2S/c1-10(16)12(17)15(13(14)18)9-5-8-11-6-3-2-4-7-11/h2-8,10,16H,9H2,1H3,(H2,14,18). The summed E-state index contributed by atoms with van der Waals surface area (Å²) in [6.45, 7) is 1.63. The summed E-state index contributed by atoms with van der Waals surface area (Å²) in [4.78, 5) is 12.8. The zero-order valence-corrected chi connectivity index (χ0v) is 10.9. The minimum atomic E-state index is -1.11. The summed E-state index contributed by atoms with van der Waals surface area (Å²) in [7, 11) is 0. The summed E-state index contributed by atoms with van der Waals surface area (Å²) in [6, 6.07) is 9.66. The molecule has 0 bridgehead atoms. The largest absolute Gasteiger partial charge is 0.384 e. The van der Waals surface area contributed by atoms with Crippen LogP contribution in [0.4, 0.5) is 0 Å². The molecule has 0 aliphatic heterocycles. The number of thiocarbonyl (C=S) groups is 1. The molecule has 0 saturated heterocycles. The zero-order valence-electron chi connectivity index (χ0n) is 10.1. The molecule has 1 aromatic carbocycles. The molecule has 18 heavy (non-hydrogen) atoms. The molecule has 96 valence electrons. The van der Waals surface area contributed by atoms with Crippen molar-refractivity contribution < 1.29 is 9.90 Å². The summed E-state index contributed by atoms with van der Waals surface area (Å²) < 4.78 is 0. The van der Waals surface area contributed by atoms with Gasteiger partial charge in [0.25, 0.3) is 5.91 Å². The number of carbonyl (C=O) groups is 1. The van der Waals surface area contributed by atoms with Gasteiger partial charge in [-0.1, -0.05) is 42.5 Å². The number of amides is 1. The van der Waals surface area contributed by atoms with Gasteiger partial charge in [-0.05, 0) is 24.7 Å². The molecule has 0 spiro atoms. The van der Waals surface area contributed by atoms with Crippen molar-refractivity contribution in [1.29, 1.82) is 0 Å². The summed E-state index contributed by atoms with van der Waals surface area (Å²) in [5, 5.41) is 9.18. The van der Waals surface area contributed by atoms with E-state index in [2.05, 4.69) is 0 Å². The van der Waals surface area contributed by atoms with Gasteiger partial charge >= 0.3 is 0 Å². The number of nitrogens with zero attached hydrogens (tertiary/aromatic N) is 1.